The first-order valence-corrected chi connectivity index (χ1v) is 10.0. The van der Waals surface area contributed by atoms with Crippen molar-refractivity contribution in [1.82, 2.24) is 10.3 Å². The number of halogens is 1. The zero-order valence-electron chi connectivity index (χ0n) is 17.0. The Morgan fingerprint density at radius 3 is 2.81 bits per heavy atom. The number of amides is 3. The van der Waals surface area contributed by atoms with Crippen LogP contribution >= 0.6 is 0 Å². The SMILES string of the molecule is Cc1cc2c(cc1-c1cnc(N3CCOC3=O)c(F)c1)C[C@H]1[C@H](CNC(=O)O)OC(=O)N21. The Morgan fingerprint density at radius 1 is 1.31 bits per heavy atom. The summed E-state index contributed by atoms with van der Waals surface area (Å²) in [6.45, 7) is 2.27. The largest absolute Gasteiger partial charge is 0.465 e. The Bertz CT molecular complexity index is 1160. The van der Waals surface area contributed by atoms with E-state index in [0.29, 0.717) is 17.7 Å². The van der Waals surface area contributed by atoms with Crippen molar-refractivity contribution in [2.45, 2.75) is 25.5 Å². The van der Waals surface area contributed by atoms with Gasteiger partial charge in [-0.25, -0.2) is 23.8 Å². The second-order valence-electron chi connectivity index (χ2n) is 7.84. The molecule has 3 aliphatic heterocycles. The molecule has 2 aromatic rings. The van der Waals surface area contributed by atoms with E-state index in [-0.39, 0.29) is 31.6 Å². The number of pyridine rings is 1. The van der Waals surface area contributed by atoms with Crippen molar-refractivity contribution in [2.24, 2.45) is 0 Å². The Kier molecular flexibility index (Phi) is 4.61. The number of ether oxygens (including phenoxy) is 2. The minimum absolute atomic E-state index is 0.00239. The van der Waals surface area contributed by atoms with Crippen LogP contribution < -0.4 is 15.1 Å². The fourth-order valence-electron chi connectivity index (χ4n) is 4.46. The molecule has 2 fully saturated rings. The number of hydrogen-bond acceptors (Lipinski definition) is 6. The number of fused-ring (bicyclic) bond motifs is 3. The number of benzene rings is 1. The molecule has 2 atom stereocenters. The zero-order valence-corrected chi connectivity index (χ0v) is 17.0. The Labute approximate surface area is 181 Å². The molecule has 0 saturated carbocycles. The zero-order chi connectivity index (χ0) is 22.6. The summed E-state index contributed by atoms with van der Waals surface area (Å²) in [5.74, 6) is -0.711. The molecule has 1 aromatic carbocycles. The number of rotatable bonds is 4. The molecule has 10 nitrogen and oxygen atoms in total. The summed E-state index contributed by atoms with van der Waals surface area (Å²) in [5, 5.41) is 11.1. The van der Waals surface area contributed by atoms with Gasteiger partial charge in [0.25, 0.3) is 0 Å². The predicted octanol–water partition coefficient (Wildman–Crippen LogP) is 2.67. The highest BCUT2D eigenvalue weighted by molar-refractivity contribution is 5.95. The average molecular weight is 442 g/mol. The molecule has 0 bridgehead atoms. The molecule has 0 unspecified atom stereocenters. The van der Waals surface area contributed by atoms with Crippen molar-refractivity contribution in [2.75, 3.05) is 29.5 Å². The molecule has 11 heteroatoms. The van der Waals surface area contributed by atoms with Gasteiger partial charge in [-0.05, 0) is 48.2 Å². The average Bonchev–Trinajstić information content (AvgIpc) is 3.41. The van der Waals surface area contributed by atoms with Crippen LogP contribution in [0.15, 0.2) is 24.4 Å². The predicted molar refractivity (Wildman–Crippen MR) is 109 cm³/mol. The molecule has 0 aliphatic carbocycles. The van der Waals surface area contributed by atoms with E-state index in [1.807, 2.05) is 19.1 Å². The Balaban J connectivity index is 1.44. The van der Waals surface area contributed by atoms with Crippen LogP contribution in [0.2, 0.25) is 0 Å². The summed E-state index contributed by atoms with van der Waals surface area (Å²) in [6, 6.07) is 4.73. The normalized spacial score (nSPS) is 21.3. The van der Waals surface area contributed by atoms with Gasteiger partial charge in [-0.15, -0.1) is 0 Å². The van der Waals surface area contributed by atoms with E-state index in [9.17, 15) is 18.8 Å². The monoisotopic (exact) mass is 442 g/mol. The van der Waals surface area contributed by atoms with Gasteiger partial charge in [-0.3, -0.25) is 9.80 Å². The number of nitrogens with one attached hydrogen (secondary N) is 1. The summed E-state index contributed by atoms with van der Waals surface area (Å²) >= 11 is 0. The number of cyclic esters (lactones) is 2. The lowest BCUT2D eigenvalue weighted by molar-refractivity contribution is 0.127. The number of carboxylic acid groups (broad SMARTS) is 1. The molecular formula is C21H19FN4O6. The second-order valence-corrected chi connectivity index (χ2v) is 7.84. The molecule has 2 N–H and O–H groups in total. The summed E-state index contributed by atoms with van der Waals surface area (Å²) < 4.78 is 25.0. The van der Waals surface area contributed by atoms with Gasteiger partial charge in [0.1, 0.15) is 12.7 Å². The summed E-state index contributed by atoms with van der Waals surface area (Å²) in [6.07, 6.45) is -0.956. The van der Waals surface area contributed by atoms with Crippen LogP contribution in [0.25, 0.3) is 11.1 Å². The van der Waals surface area contributed by atoms with E-state index in [1.165, 1.54) is 12.3 Å². The van der Waals surface area contributed by atoms with Crippen molar-refractivity contribution in [3.05, 3.63) is 41.3 Å². The van der Waals surface area contributed by atoms with Crippen LogP contribution in [0.3, 0.4) is 0 Å². The smallest absolute Gasteiger partial charge is 0.415 e. The van der Waals surface area contributed by atoms with Crippen LogP contribution in [0.5, 0.6) is 0 Å². The molecule has 4 heterocycles. The van der Waals surface area contributed by atoms with Crippen LogP contribution in [0.1, 0.15) is 11.1 Å². The lowest BCUT2D eigenvalue weighted by atomic mass is 9.96. The number of nitrogens with zero attached hydrogens (tertiary/aromatic N) is 3. The van der Waals surface area contributed by atoms with Gasteiger partial charge in [-0.2, -0.15) is 0 Å². The van der Waals surface area contributed by atoms with Gasteiger partial charge in [0.05, 0.1) is 24.8 Å². The maximum atomic E-state index is 14.8. The second kappa shape index (κ2) is 7.36. The molecule has 1 aromatic heterocycles. The van der Waals surface area contributed by atoms with Gasteiger partial charge in [0.2, 0.25) is 0 Å². The number of carbonyl (C=O) groups excluding carboxylic acids is 2. The lowest BCUT2D eigenvalue weighted by Crippen LogP contribution is -2.40. The quantitative estimate of drug-likeness (QED) is 0.747. The number of anilines is 2. The van der Waals surface area contributed by atoms with Gasteiger partial charge in [-0.1, -0.05) is 0 Å². The topological polar surface area (TPSA) is 121 Å². The highest BCUT2D eigenvalue weighted by Gasteiger charge is 2.47. The lowest BCUT2D eigenvalue weighted by Gasteiger charge is -2.17. The molecule has 166 valence electrons. The summed E-state index contributed by atoms with van der Waals surface area (Å²) in [7, 11) is 0. The third-order valence-electron chi connectivity index (χ3n) is 5.93. The van der Waals surface area contributed by atoms with Crippen molar-refractivity contribution in [3.63, 3.8) is 0 Å². The van der Waals surface area contributed by atoms with Crippen LogP contribution in [-0.2, 0) is 15.9 Å². The van der Waals surface area contributed by atoms with E-state index in [1.54, 1.807) is 4.90 Å². The maximum Gasteiger partial charge on any atom is 0.415 e. The number of aryl methyl sites for hydroxylation is 1. The van der Waals surface area contributed by atoms with Crippen LogP contribution in [0.4, 0.5) is 30.3 Å². The minimum Gasteiger partial charge on any atom is -0.465 e. The fraction of sp³-hybridized carbons (Fsp3) is 0.333. The summed E-state index contributed by atoms with van der Waals surface area (Å²) in [5.41, 5.74) is 3.67. The number of carbonyl (C=O) groups is 3. The van der Waals surface area contributed by atoms with Crippen molar-refractivity contribution >= 4 is 29.8 Å². The van der Waals surface area contributed by atoms with Crippen LogP contribution in [0, 0.1) is 12.7 Å². The van der Waals surface area contributed by atoms with E-state index < -0.39 is 30.2 Å². The third-order valence-corrected chi connectivity index (χ3v) is 5.93. The molecule has 3 amide bonds. The molecular weight excluding hydrogens is 423 g/mol. The molecule has 32 heavy (non-hydrogen) atoms. The van der Waals surface area contributed by atoms with E-state index >= 15 is 0 Å². The first-order chi connectivity index (χ1) is 15.3. The molecule has 3 aliphatic rings. The molecule has 0 spiro atoms. The van der Waals surface area contributed by atoms with Gasteiger partial charge >= 0.3 is 18.3 Å². The molecule has 0 radical (unpaired) electrons. The van der Waals surface area contributed by atoms with Crippen molar-refractivity contribution < 1.29 is 33.4 Å². The fourth-order valence-corrected chi connectivity index (χ4v) is 4.46. The van der Waals surface area contributed by atoms with Crippen LogP contribution in [-0.4, -0.2) is 60.2 Å². The Morgan fingerprint density at radius 2 is 2.12 bits per heavy atom. The van der Waals surface area contributed by atoms with E-state index in [2.05, 4.69) is 10.3 Å². The van der Waals surface area contributed by atoms with Gasteiger partial charge in [0.15, 0.2) is 11.6 Å². The first kappa shape index (κ1) is 20.0. The summed E-state index contributed by atoms with van der Waals surface area (Å²) in [4.78, 5) is 41.8. The molecule has 2 saturated heterocycles. The number of aromatic nitrogens is 1. The third kappa shape index (κ3) is 3.17. The van der Waals surface area contributed by atoms with Gasteiger partial charge in [0, 0.05) is 11.8 Å². The minimum atomic E-state index is -1.19. The first-order valence-electron chi connectivity index (χ1n) is 10.0. The standard InChI is InChI=1S/C21H19FN4O6/c1-10-4-15-11(7-16-17(9-24-19(27)28)32-21(30)26(15)16)5-13(10)12-6-14(22)18(23-8-12)25-2-3-31-20(25)29/h4-6,8,16-17,24H,2-3,7,9H2,1H3,(H,27,28)/t16-,17-/m0/s1. The van der Waals surface area contributed by atoms with E-state index in [4.69, 9.17) is 14.6 Å². The molecule has 5 rings (SSSR count). The highest BCUT2D eigenvalue weighted by atomic mass is 19.1. The Hall–Kier alpha value is -3.89. The maximum absolute atomic E-state index is 14.8. The van der Waals surface area contributed by atoms with Crippen molar-refractivity contribution in [1.29, 1.82) is 0 Å². The number of hydrogen-bond donors (Lipinski definition) is 2. The van der Waals surface area contributed by atoms with Gasteiger partial charge < -0.3 is 19.9 Å². The van der Waals surface area contributed by atoms with E-state index in [0.717, 1.165) is 21.6 Å². The highest BCUT2D eigenvalue weighted by Crippen LogP contribution is 2.42. The van der Waals surface area contributed by atoms with Crippen molar-refractivity contribution in [3.8, 4) is 11.1 Å².